The van der Waals surface area contributed by atoms with Crippen molar-refractivity contribution in [3.05, 3.63) is 35.7 Å². The SMILES string of the molecule is CCC(=O)NC(C)(COC)c1ccc(-c2noc(C(F)(F)F)n2)cc1. The number of carbonyl (C=O) groups excluding carboxylic acids is 1. The van der Waals surface area contributed by atoms with E-state index in [1.807, 2.05) is 0 Å². The first kappa shape index (κ1) is 18.9. The number of rotatable bonds is 6. The minimum atomic E-state index is -4.69. The number of halogens is 3. The molecule has 136 valence electrons. The molecule has 1 aromatic carbocycles. The Morgan fingerprint density at radius 3 is 2.40 bits per heavy atom. The number of carbonyl (C=O) groups is 1. The second-order valence-electron chi connectivity index (χ2n) is 5.67. The van der Waals surface area contributed by atoms with E-state index in [0.717, 1.165) is 5.56 Å². The van der Waals surface area contributed by atoms with Gasteiger partial charge in [0.2, 0.25) is 11.7 Å². The normalized spacial score (nSPS) is 14.2. The van der Waals surface area contributed by atoms with Gasteiger partial charge >= 0.3 is 12.1 Å². The number of nitrogens with one attached hydrogen (secondary N) is 1. The zero-order valence-electron chi connectivity index (χ0n) is 14.0. The summed E-state index contributed by atoms with van der Waals surface area (Å²) in [5.74, 6) is -1.70. The summed E-state index contributed by atoms with van der Waals surface area (Å²) < 4.78 is 47.0. The molecule has 1 heterocycles. The minimum Gasteiger partial charge on any atom is -0.382 e. The topological polar surface area (TPSA) is 77.2 Å². The van der Waals surface area contributed by atoms with Gasteiger partial charge in [-0.3, -0.25) is 4.79 Å². The summed E-state index contributed by atoms with van der Waals surface area (Å²) in [5, 5.41) is 6.22. The van der Waals surface area contributed by atoms with E-state index in [0.29, 0.717) is 12.0 Å². The van der Waals surface area contributed by atoms with E-state index in [9.17, 15) is 18.0 Å². The molecule has 25 heavy (non-hydrogen) atoms. The second kappa shape index (κ2) is 7.22. The molecule has 0 aliphatic carbocycles. The van der Waals surface area contributed by atoms with E-state index < -0.39 is 17.6 Å². The van der Waals surface area contributed by atoms with Crippen molar-refractivity contribution in [2.45, 2.75) is 32.0 Å². The largest absolute Gasteiger partial charge is 0.471 e. The fourth-order valence-electron chi connectivity index (χ4n) is 2.32. The van der Waals surface area contributed by atoms with Gasteiger partial charge in [0.05, 0.1) is 12.1 Å². The summed E-state index contributed by atoms with van der Waals surface area (Å²) in [6.07, 6.45) is -4.37. The molecule has 9 heteroatoms. The molecule has 0 aliphatic heterocycles. The van der Waals surface area contributed by atoms with Crippen molar-refractivity contribution in [2.75, 3.05) is 13.7 Å². The van der Waals surface area contributed by atoms with Gasteiger partial charge in [-0.1, -0.05) is 36.3 Å². The highest BCUT2D eigenvalue weighted by atomic mass is 19.4. The van der Waals surface area contributed by atoms with Crippen LogP contribution in [0.3, 0.4) is 0 Å². The molecule has 0 bridgehead atoms. The Morgan fingerprint density at radius 1 is 1.28 bits per heavy atom. The molecule has 0 spiro atoms. The average Bonchev–Trinajstić information content (AvgIpc) is 3.05. The van der Waals surface area contributed by atoms with Crippen molar-refractivity contribution >= 4 is 5.91 Å². The summed E-state index contributed by atoms with van der Waals surface area (Å²) in [4.78, 5) is 15.1. The van der Waals surface area contributed by atoms with Gasteiger partial charge in [0.1, 0.15) is 0 Å². The first-order valence-electron chi connectivity index (χ1n) is 7.51. The van der Waals surface area contributed by atoms with Gasteiger partial charge in [0.25, 0.3) is 0 Å². The van der Waals surface area contributed by atoms with E-state index in [4.69, 9.17) is 4.74 Å². The Labute approximate surface area is 142 Å². The standard InChI is InChI=1S/C16H18F3N3O3/c1-4-12(23)21-15(2,9-24-3)11-7-5-10(6-8-11)13-20-14(25-22-13)16(17,18)19/h5-8H,4,9H2,1-3H3,(H,21,23). The molecule has 0 saturated heterocycles. The first-order valence-corrected chi connectivity index (χ1v) is 7.51. The predicted octanol–water partition coefficient (Wildman–Crippen LogP) is 3.14. The quantitative estimate of drug-likeness (QED) is 0.859. The molecular formula is C16H18F3N3O3. The van der Waals surface area contributed by atoms with Gasteiger partial charge in [-0.2, -0.15) is 18.2 Å². The average molecular weight is 357 g/mol. The second-order valence-corrected chi connectivity index (χ2v) is 5.67. The van der Waals surface area contributed by atoms with Crippen LogP contribution >= 0.6 is 0 Å². The number of amides is 1. The number of hydrogen-bond donors (Lipinski definition) is 1. The van der Waals surface area contributed by atoms with E-state index in [1.54, 1.807) is 38.1 Å². The van der Waals surface area contributed by atoms with Crippen LogP contribution in [0.15, 0.2) is 28.8 Å². The van der Waals surface area contributed by atoms with Crippen LogP contribution in [0.2, 0.25) is 0 Å². The Kier molecular flexibility index (Phi) is 5.46. The lowest BCUT2D eigenvalue weighted by Gasteiger charge is -2.30. The monoisotopic (exact) mass is 357 g/mol. The number of alkyl halides is 3. The van der Waals surface area contributed by atoms with Crippen molar-refractivity contribution < 1.29 is 27.2 Å². The van der Waals surface area contributed by atoms with Crippen LogP contribution in [0, 0.1) is 0 Å². The van der Waals surface area contributed by atoms with Crippen molar-refractivity contribution in [1.82, 2.24) is 15.5 Å². The molecule has 0 saturated carbocycles. The van der Waals surface area contributed by atoms with Crippen LogP contribution in [-0.4, -0.2) is 29.8 Å². The highest BCUT2D eigenvalue weighted by Crippen LogP contribution is 2.30. The molecule has 1 amide bonds. The third kappa shape index (κ3) is 4.36. The molecule has 1 N–H and O–H groups in total. The van der Waals surface area contributed by atoms with Crippen LogP contribution in [0.1, 0.15) is 31.7 Å². The lowest BCUT2D eigenvalue weighted by atomic mass is 9.91. The molecule has 1 atom stereocenters. The summed E-state index contributed by atoms with van der Waals surface area (Å²) in [5.41, 5.74) is 0.332. The molecule has 2 aromatic rings. The van der Waals surface area contributed by atoms with E-state index in [2.05, 4.69) is 20.0 Å². The minimum absolute atomic E-state index is 0.142. The Hall–Kier alpha value is -2.42. The summed E-state index contributed by atoms with van der Waals surface area (Å²) >= 11 is 0. The van der Waals surface area contributed by atoms with E-state index >= 15 is 0 Å². The van der Waals surface area contributed by atoms with Crippen LogP contribution in [0.25, 0.3) is 11.4 Å². The predicted molar refractivity (Wildman–Crippen MR) is 82.4 cm³/mol. The number of methoxy groups -OCH3 is 1. The van der Waals surface area contributed by atoms with Gasteiger partial charge in [-0.05, 0) is 12.5 Å². The number of aromatic nitrogens is 2. The highest BCUT2D eigenvalue weighted by Gasteiger charge is 2.38. The van der Waals surface area contributed by atoms with Gasteiger partial charge in [0.15, 0.2) is 0 Å². The van der Waals surface area contributed by atoms with Crippen LogP contribution < -0.4 is 5.32 Å². The summed E-state index contributed by atoms with van der Waals surface area (Å²) in [6.45, 7) is 3.77. The van der Waals surface area contributed by atoms with Crippen LogP contribution in [-0.2, 0) is 21.2 Å². The van der Waals surface area contributed by atoms with Gasteiger partial charge in [-0.25, -0.2) is 0 Å². The van der Waals surface area contributed by atoms with Crippen molar-refractivity contribution in [3.63, 3.8) is 0 Å². The lowest BCUT2D eigenvalue weighted by molar-refractivity contribution is -0.159. The summed E-state index contributed by atoms with van der Waals surface area (Å²) in [6, 6.07) is 6.47. The fourth-order valence-corrected chi connectivity index (χ4v) is 2.32. The highest BCUT2D eigenvalue weighted by molar-refractivity contribution is 5.76. The number of nitrogens with zero attached hydrogens (tertiary/aromatic N) is 2. The molecule has 6 nitrogen and oxygen atoms in total. The van der Waals surface area contributed by atoms with E-state index in [-0.39, 0.29) is 18.3 Å². The Morgan fingerprint density at radius 2 is 1.92 bits per heavy atom. The molecule has 0 fully saturated rings. The van der Waals surface area contributed by atoms with E-state index in [1.165, 1.54) is 7.11 Å². The molecule has 1 unspecified atom stereocenters. The number of ether oxygens (including phenoxy) is 1. The molecule has 0 aliphatic rings. The maximum Gasteiger partial charge on any atom is 0.471 e. The van der Waals surface area contributed by atoms with Crippen molar-refractivity contribution in [2.24, 2.45) is 0 Å². The van der Waals surface area contributed by atoms with Gasteiger partial charge in [0, 0.05) is 19.1 Å². The molecule has 0 radical (unpaired) electrons. The smallest absolute Gasteiger partial charge is 0.382 e. The zero-order valence-corrected chi connectivity index (χ0v) is 14.0. The lowest BCUT2D eigenvalue weighted by Crippen LogP contribution is -2.46. The third-order valence-corrected chi connectivity index (χ3v) is 3.62. The molecule has 2 rings (SSSR count). The maximum atomic E-state index is 12.5. The van der Waals surface area contributed by atoms with Crippen molar-refractivity contribution in [1.29, 1.82) is 0 Å². The Balaban J connectivity index is 2.28. The molecular weight excluding hydrogens is 339 g/mol. The maximum absolute atomic E-state index is 12.5. The van der Waals surface area contributed by atoms with Crippen LogP contribution in [0.4, 0.5) is 13.2 Å². The van der Waals surface area contributed by atoms with Gasteiger partial charge in [-0.15, -0.1) is 0 Å². The summed E-state index contributed by atoms with van der Waals surface area (Å²) in [7, 11) is 1.52. The Bertz CT molecular complexity index is 728. The van der Waals surface area contributed by atoms with Crippen LogP contribution in [0.5, 0.6) is 0 Å². The molecule has 1 aromatic heterocycles. The zero-order chi connectivity index (χ0) is 18.7. The first-order chi connectivity index (χ1) is 11.7. The third-order valence-electron chi connectivity index (χ3n) is 3.62. The number of hydrogen-bond acceptors (Lipinski definition) is 5. The number of benzene rings is 1. The van der Waals surface area contributed by atoms with Crippen molar-refractivity contribution in [3.8, 4) is 11.4 Å². The van der Waals surface area contributed by atoms with Gasteiger partial charge < -0.3 is 14.6 Å². The fraction of sp³-hybridized carbons (Fsp3) is 0.438.